The lowest BCUT2D eigenvalue weighted by molar-refractivity contribution is -0.383. The Hall–Kier alpha value is -3.02. The van der Waals surface area contributed by atoms with Gasteiger partial charge in [0.25, 0.3) is 11.6 Å². The van der Waals surface area contributed by atoms with Crippen molar-refractivity contribution in [1.29, 1.82) is 0 Å². The number of carbonyl (C=O) groups excluding carboxylic acids is 2. The Morgan fingerprint density at radius 3 is 2.30 bits per heavy atom. The minimum Gasteiger partial charge on any atom is -0.343 e. The molecule has 1 heterocycles. The molecule has 0 radical (unpaired) electrons. The molecular weight excluding hydrogens is 436 g/mol. The molecule has 2 aromatic carbocycles. The number of rotatable bonds is 6. The quantitative estimate of drug-likeness (QED) is 0.405. The van der Waals surface area contributed by atoms with Gasteiger partial charge in [-0.05, 0) is 36.4 Å². The van der Waals surface area contributed by atoms with Crippen LogP contribution in [0.2, 0.25) is 5.02 Å². The zero-order valence-corrected chi connectivity index (χ0v) is 17.1. The molecule has 10 nitrogen and oxygen atoms in total. The van der Waals surface area contributed by atoms with Gasteiger partial charge in [0.05, 0.1) is 9.82 Å². The van der Waals surface area contributed by atoms with Crippen LogP contribution in [-0.2, 0) is 14.8 Å². The largest absolute Gasteiger partial charge is 0.343 e. The molecule has 1 aliphatic rings. The van der Waals surface area contributed by atoms with Crippen molar-refractivity contribution in [2.45, 2.75) is 4.90 Å². The van der Waals surface area contributed by atoms with Crippen LogP contribution in [0, 0.1) is 10.1 Å². The molecule has 0 aromatic heterocycles. The first-order valence-corrected chi connectivity index (χ1v) is 10.6. The van der Waals surface area contributed by atoms with Crippen LogP contribution in [-0.4, -0.2) is 61.0 Å². The van der Waals surface area contributed by atoms with Crippen molar-refractivity contribution in [3.05, 3.63) is 63.2 Å². The van der Waals surface area contributed by atoms with E-state index in [1.165, 1.54) is 45.6 Å². The molecule has 158 valence electrons. The SMILES string of the molecule is O=CN1CCN(S(=O)(=O)c2ccc(C(=O)Nc3ccc(Cl)cc3[N+](=O)[O-])cc2)CC1. The van der Waals surface area contributed by atoms with Crippen LogP contribution >= 0.6 is 11.6 Å². The van der Waals surface area contributed by atoms with Crippen LogP contribution in [0.3, 0.4) is 0 Å². The Kier molecular flexibility index (Phi) is 6.34. The van der Waals surface area contributed by atoms with Crippen molar-refractivity contribution in [3.8, 4) is 0 Å². The van der Waals surface area contributed by atoms with Gasteiger partial charge in [-0.25, -0.2) is 8.42 Å². The summed E-state index contributed by atoms with van der Waals surface area (Å²) in [5.41, 5.74) is -0.257. The molecule has 30 heavy (non-hydrogen) atoms. The third-order valence-corrected chi connectivity index (χ3v) is 6.73. The fourth-order valence-corrected chi connectivity index (χ4v) is 4.52. The van der Waals surface area contributed by atoms with Crippen molar-refractivity contribution in [3.63, 3.8) is 0 Å². The molecule has 0 unspecified atom stereocenters. The van der Waals surface area contributed by atoms with Gasteiger partial charge in [-0.3, -0.25) is 19.7 Å². The standard InChI is InChI=1S/C18H17ClN4O6S/c19-14-3-6-16(17(11-14)23(26)27)20-18(25)13-1-4-15(5-2-13)30(28,29)22-9-7-21(12-24)8-10-22/h1-6,11-12H,7-10H2,(H,20,25). The molecule has 1 aliphatic heterocycles. The zero-order chi connectivity index (χ0) is 21.9. The molecule has 3 rings (SSSR count). The van der Waals surface area contributed by atoms with E-state index in [0.717, 1.165) is 6.07 Å². The molecule has 1 saturated heterocycles. The summed E-state index contributed by atoms with van der Waals surface area (Å²) >= 11 is 5.76. The molecule has 12 heteroatoms. The highest BCUT2D eigenvalue weighted by Crippen LogP contribution is 2.28. The highest BCUT2D eigenvalue weighted by atomic mass is 35.5. The van der Waals surface area contributed by atoms with Crippen molar-refractivity contribution < 1.29 is 22.9 Å². The van der Waals surface area contributed by atoms with Gasteiger partial charge < -0.3 is 10.2 Å². The van der Waals surface area contributed by atoms with E-state index < -0.39 is 20.9 Å². The van der Waals surface area contributed by atoms with Gasteiger partial charge in [0.15, 0.2) is 0 Å². The number of sulfonamides is 1. The van der Waals surface area contributed by atoms with Crippen LogP contribution in [0.15, 0.2) is 47.4 Å². The van der Waals surface area contributed by atoms with Gasteiger partial charge in [0.2, 0.25) is 16.4 Å². The molecule has 0 spiro atoms. The first kappa shape index (κ1) is 21.7. The number of anilines is 1. The van der Waals surface area contributed by atoms with Gasteiger partial charge in [-0.2, -0.15) is 4.31 Å². The summed E-state index contributed by atoms with van der Waals surface area (Å²) in [6.07, 6.45) is 0.683. The summed E-state index contributed by atoms with van der Waals surface area (Å²) in [5.74, 6) is -0.635. The summed E-state index contributed by atoms with van der Waals surface area (Å²) in [7, 11) is -3.76. The molecular formula is C18H17ClN4O6S. The molecule has 1 fully saturated rings. The van der Waals surface area contributed by atoms with Crippen molar-refractivity contribution >= 4 is 45.3 Å². The number of hydrogen-bond donors (Lipinski definition) is 1. The summed E-state index contributed by atoms with van der Waals surface area (Å²) in [5, 5.41) is 13.7. The maximum absolute atomic E-state index is 12.7. The summed E-state index contributed by atoms with van der Waals surface area (Å²) < 4.78 is 26.8. The van der Waals surface area contributed by atoms with Gasteiger partial charge in [0.1, 0.15) is 5.69 Å². The fourth-order valence-electron chi connectivity index (χ4n) is 2.93. The average Bonchev–Trinajstić information content (AvgIpc) is 2.75. The number of hydrogen-bond acceptors (Lipinski definition) is 6. The van der Waals surface area contributed by atoms with Crippen LogP contribution in [0.4, 0.5) is 11.4 Å². The number of benzene rings is 2. The van der Waals surface area contributed by atoms with Gasteiger partial charge in [0, 0.05) is 42.8 Å². The van der Waals surface area contributed by atoms with Crippen LogP contribution < -0.4 is 5.32 Å². The number of amides is 2. The van der Waals surface area contributed by atoms with E-state index in [4.69, 9.17) is 11.6 Å². The van der Waals surface area contributed by atoms with E-state index >= 15 is 0 Å². The number of nitro groups is 1. The number of halogens is 1. The van der Waals surface area contributed by atoms with Crippen LogP contribution in [0.1, 0.15) is 10.4 Å². The smallest absolute Gasteiger partial charge is 0.294 e. The Bertz CT molecular complexity index is 1080. The van der Waals surface area contributed by atoms with E-state index in [1.54, 1.807) is 0 Å². The van der Waals surface area contributed by atoms with Gasteiger partial charge in [-0.15, -0.1) is 0 Å². The molecule has 0 saturated carbocycles. The second-order valence-corrected chi connectivity index (χ2v) is 8.82. The van der Waals surface area contributed by atoms with E-state index in [2.05, 4.69) is 5.32 Å². The number of nitrogens with one attached hydrogen (secondary N) is 1. The van der Waals surface area contributed by atoms with E-state index in [-0.39, 0.29) is 39.9 Å². The lowest BCUT2D eigenvalue weighted by Crippen LogP contribution is -2.47. The predicted molar refractivity (Wildman–Crippen MR) is 109 cm³/mol. The van der Waals surface area contributed by atoms with E-state index in [0.29, 0.717) is 19.5 Å². The lowest BCUT2D eigenvalue weighted by atomic mass is 10.2. The van der Waals surface area contributed by atoms with Crippen molar-refractivity contribution in [2.75, 3.05) is 31.5 Å². The van der Waals surface area contributed by atoms with Gasteiger partial charge in [-0.1, -0.05) is 11.6 Å². The normalized spacial score (nSPS) is 14.9. The number of nitro benzene ring substituents is 1. The Labute approximate surface area is 177 Å². The summed E-state index contributed by atoms with van der Waals surface area (Å²) in [6.45, 7) is 0.985. The predicted octanol–water partition coefficient (Wildman–Crippen LogP) is 1.96. The minimum atomic E-state index is -3.76. The average molecular weight is 453 g/mol. The topological polar surface area (TPSA) is 130 Å². The second kappa shape index (κ2) is 8.78. The highest BCUT2D eigenvalue weighted by molar-refractivity contribution is 7.89. The van der Waals surface area contributed by atoms with Crippen molar-refractivity contribution in [1.82, 2.24) is 9.21 Å². The molecule has 2 amide bonds. The van der Waals surface area contributed by atoms with Crippen LogP contribution in [0.25, 0.3) is 0 Å². The number of nitrogens with zero attached hydrogens (tertiary/aromatic N) is 3. The van der Waals surface area contributed by atoms with E-state index in [9.17, 15) is 28.1 Å². The third kappa shape index (κ3) is 4.58. The Morgan fingerprint density at radius 1 is 1.10 bits per heavy atom. The van der Waals surface area contributed by atoms with Crippen molar-refractivity contribution in [2.24, 2.45) is 0 Å². The molecule has 2 aromatic rings. The molecule has 1 N–H and O–H groups in total. The Balaban J connectivity index is 1.75. The first-order valence-electron chi connectivity index (χ1n) is 8.77. The Morgan fingerprint density at radius 2 is 1.73 bits per heavy atom. The number of carbonyl (C=O) groups is 2. The minimum absolute atomic E-state index is 0.0103. The summed E-state index contributed by atoms with van der Waals surface area (Å²) in [4.78, 5) is 35.2. The molecule has 0 aliphatic carbocycles. The maximum Gasteiger partial charge on any atom is 0.294 e. The van der Waals surface area contributed by atoms with Gasteiger partial charge >= 0.3 is 0 Å². The lowest BCUT2D eigenvalue weighted by Gasteiger charge is -2.31. The first-order chi connectivity index (χ1) is 14.2. The fraction of sp³-hybridized carbons (Fsp3) is 0.222. The number of piperazine rings is 1. The van der Waals surface area contributed by atoms with Crippen LogP contribution in [0.5, 0.6) is 0 Å². The molecule has 0 atom stereocenters. The molecule has 0 bridgehead atoms. The highest BCUT2D eigenvalue weighted by Gasteiger charge is 2.28. The maximum atomic E-state index is 12.7. The second-order valence-electron chi connectivity index (χ2n) is 6.44. The summed E-state index contributed by atoms with van der Waals surface area (Å²) in [6, 6.07) is 9.09. The van der Waals surface area contributed by atoms with E-state index in [1.807, 2.05) is 0 Å². The third-order valence-electron chi connectivity index (χ3n) is 4.58. The zero-order valence-electron chi connectivity index (χ0n) is 15.5. The monoisotopic (exact) mass is 452 g/mol.